The fourth-order valence-corrected chi connectivity index (χ4v) is 3.76. The maximum atomic E-state index is 10.2. The highest BCUT2D eigenvalue weighted by molar-refractivity contribution is 5.65. The molecule has 1 unspecified atom stereocenters. The van der Waals surface area contributed by atoms with Gasteiger partial charge in [-0.2, -0.15) is 0 Å². The number of aliphatic hydroxyl groups is 1. The van der Waals surface area contributed by atoms with E-state index < -0.39 is 0 Å². The van der Waals surface area contributed by atoms with E-state index in [1.165, 1.54) is 0 Å². The Labute approximate surface area is 163 Å². The Kier molecular flexibility index (Phi) is 4.95. The van der Waals surface area contributed by atoms with Gasteiger partial charge in [-0.3, -0.25) is 0 Å². The summed E-state index contributed by atoms with van der Waals surface area (Å²) in [5.41, 5.74) is 1.48. The number of aryl methyl sites for hydroxylation is 1. The Hall–Kier alpha value is -3.00. The molecule has 0 bridgehead atoms. The number of hydrogen-bond acceptors (Lipinski definition) is 7. The van der Waals surface area contributed by atoms with Crippen LogP contribution in [0.5, 0.6) is 5.75 Å². The normalized spacial score (nSPS) is 17.1. The molecule has 2 aromatic heterocycles. The lowest BCUT2D eigenvalue weighted by Gasteiger charge is -2.33. The summed E-state index contributed by atoms with van der Waals surface area (Å²) in [6.07, 6.45) is 2.03. The van der Waals surface area contributed by atoms with Gasteiger partial charge >= 0.3 is 0 Å². The van der Waals surface area contributed by atoms with Gasteiger partial charge < -0.3 is 19.7 Å². The quantitative estimate of drug-likeness (QED) is 0.715. The Balaban J connectivity index is 1.63. The number of rotatable bonds is 4. The lowest BCUT2D eigenvalue weighted by Crippen LogP contribution is -2.36. The van der Waals surface area contributed by atoms with Gasteiger partial charge in [0.1, 0.15) is 24.0 Å². The lowest BCUT2D eigenvalue weighted by atomic mass is 9.97. The molecule has 0 aliphatic carbocycles. The topological polar surface area (TPSA) is 100 Å². The van der Waals surface area contributed by atoms with Crippen molar-refractivity contribution in [2.45, 2.75) is 32.3 Å². The molecule has 0 saturated carbocycles. The highest BCUT2D eigenvalue weighted by atomic mass is 16.3. The van der Waals surface area contributed by atoms with Crippen LogP contribution in [0.2, 0.25) is 0 Å². The maximum absolute atomic E-state index is 10.2. The zero-order valence-electron chi connectivity index (χ0n) is 16.1. The minimum atomic E-state index is -0.116. The van der Waals surface area contributed by atoms with Crippen molar-refractivity contribution < 1.29 is 10.2 Å². The minimum Gasteiger partial charge on any atom is -0.507 e. The Morgan fingerprint density at radius 3 is 2.75 bits per heavy atom. The summed E-state index contributed by atoms with van der Waals surface area (Å²) in [5, 5.41) is 27.9. The van der Waals surface area contributed by atoms with Crippen LogP contribution < -0.4 is 4.90 Å². The molecule has 2 N–H and O–H groups in total. The van der Waals surface area contributed by atoms with E-state index in [4.69, 9.17) is 4.98 Å². The van der Waals surface area contributed by atoms with Crippen molar-refractivity contribution in [1.82, 2.24) is 24.7 Å². The highest BCUT2D eigenvalue weighted by Crippen LogP contribution is 2.31. The van der Waals surface area contributed by atoms with Crippen LogP contribution in [0, 0.1) is 6.92 Å². The predicted molar refractivity (Wildman–Crippen MR) is 105 cm³/mol. The van der Waals surface area contributed by atoms with Crippen LogP contribution >= 0.6 is 0 Å². The van der Waals surface area contributed by atoms with Gasteiger partial charge in [0, 0.05) is 37.8 Å². The first-order chi connectivity index (χ1) is 13.6. The van der Waals surface area contributed by atoms with Gasteiger partial charge in [0.05, 0.1) is 5.56 Å². The fourth-order valence-electron chi connectivity index (χ4n) is 3.76. The molecule has 3 aromatic rings. The van der Waals surface area contributed by atoms with Crippen molar-refractivity contribution in [3.63, 3.8) is 0 Å². The van der Waals surface area contributed by atoms with Gasteiger partial charge in [0.2, 0.25) is 0 Å². The van der Waals surface area contributed by atoms with Gasteiger partial charge in [0.15, 0.2) is 11.6 Å². The second kappa shape index (κ2) is 7.55. The van der Waals surface area contributed by atoms with Gasteiger partial charge in [-0.1, -0.05) is 12.1 Å². The van der Waals surface area contributed by atoms with Crippen LogP contribution in [0.25, 0.3) is 11.4 Å². The molecule has 1 saturated heterocycles. The third-order valence-electron chi connectivity index (χ3n) is 5.24. The molecule has 1 aliphatic heterocycles. The molecule has 0 radical (unpaired) electrons. The monoisotopic (exact) mass is 380 g/mol. The number of nitrogens with zero attached hydrogens (tertiary/aromatic N) is 6. The van der Waals surface area contributed by atoms with E-state index in [0.29, 0.717) is 17.2 Å². The first kappa shape index (κ1) is 18.4. The average Bonchev–Trinajstić information content (AvgIpc) is 3.08. The Morgan fingerprint density at radius 2 is 2.00 bits per heavy atom. The van der Waals surface area contributed by atoms with E-state index in [1.807, 2.05) is 36.7 Å². The number of benzene rings is 1. The lowest BCUT2D eigenvalue weighted by molar-refractivity contribution is 0.266. The summed E-state index contributed by atoms with van der Waals surface area (Å²) < 4.78 is 1.88. The van der Waals surface area contributed by atoms with E-state index >= 15 is 0 Å². The third-order valence-corrected chi connectivity index (χ3v) is 5.24. The van der Waals surface area contributed by atoms with Crippen molar-refractivity contribution in [2.75, 3.05) is 18.0 Å². The van der Waals surface area contributed by atoms with E-state index in [9.17, 15) is 10.2 Å². The minimum absolute atomic E-state index is 0.116. The van der Waals surface area contributed by atoms with E-state index in [0.717, 1.165) is 43.3 Å². The number of phenolic OH excluding ortho intramolecular Hbond substituents is 1. The zero-order chi connectivity index (χ0) is 19.7. The van der Waals surface area contributed by atoms with E-state index in [1.54, 1.807) is 12.1 Å². The molecule has 0 spiro atoms. The predicted octanol–water partition coefficient (Wildman–Crippen LogP) is 2.16. The molecular weight excluding hydrogens is 356 g/mol. The summed E-state index contributed by atoms with van der Waals surface area (Å²) >= 11 is 0. The Morgan fingerprint density at radius 1 is 1.18 bits per heavy atom. The summed E-state index contributed by atoms with van der Waals surface area (Å²) in [5.74, 6) is 3.23. The molecule has 3 heterocycles. The van der Waals surface area contributed by atoms with Crippen LogP contribution in [0.3, 0.4) is 0 Å². The molecule has 1 aromatic carbocycles. The van der Waals surface area contributed by atoms with Gasteiger partial charge in [-0.15, -0.1) is 10.2 Å². The molecule has 146 valence electrons. The van der Waals surface area contributed by atoms with Gasteiger partial charge in [0.25, 0.3) is 0 Å². The van der Waals surface area contributed by atoms with Crippen molar-refractivity contribution in [2.24, 2.45) is 7.05 Å². The number of piperidine rings is 1. The molecule has 1 fully saturated rings. The summed E-state index contributed by atoms with van der Waals surface area (Å²) in [6, 6.07) is 9.09. The summed E-state index contributed by atoms with van der Waals surface area (Å²) in [7, 11) is 1.89. The number of hydrogen-bond donors (Lipinski definition) is 2. The molecule has 8 nitrogen and oxygen atoms in total. The van der Waals surface area contributed by atoms with E-state index in [-0.39, 0.29) is 18.3 Å². The van der Waals surface area contributed by atoms with Crippen LogP contribution in [-0.2, 0) is 13.7 Å². The highest BCUT2D eigenvalue weighted by Gasteiger charge is 2.27. The molecule has 1 atom stereocenters. The fraction of sp³-hybridized carbons (Fsp3) is 0.400. The number of phenols is 1. The number of anilines is 1. The second-order valence-corrected chi connectivity index (χ2v) is 7.19. The van der Waals surface area contributed by atoms with Gasteiger partial charge in [-0.25, -0.2) is 9.97 Å². The van der Waals surface area contributed by atoms with Crippen molar-refractivity contribution in [3.05, 3.63) is 47.7 Å². The molecule has 4 rings (SSSR count). The first-order valence-corrected chi connectivity index (χ1v) is 9.45. The SMILES string of the molecule is Cc1cc(N2CCCC(c3nnc(CO)n3C)C2)nc(-c2ccccc2O)n1. The van der Waals surface area contributed by atoms with E-state index in [2.05, 4.69) is 20.1 Å². The number of aliphatic hydroxyl groups excluding tert-OH is 1. The smallest absolute Gasteiger partial charge is 0.165 e. The molecule has 28 heavy (non-hydrogen) atoms. The van der Waals surface area contributed by atoms with Crippen molar-refractivity contribution in [1.29, 1.82) is 0 Å². The van der Waals surface area contributed by atoms with Crippen LogP contribution in [0.15, 0.2) is 30.3 Å². The molecule has 0 amide bonds. The largest absolute Gasteiger partial charge is 0.507 e. The third kappa shape index (κ3) is 3.43. The Bertz CT molecular complexity index is 987. The number of aromatic nitrogens is 5. The maximum Gasteiger partial charge on any atom is 0.165 e. The number of aromatic hydroxyl groups is 1. The van der Waals surface area contributed by atoms with Crippen LogP contribution in [0.1, 0.15) is 36.1 Å². The van der Waals surface area contributed by atoms with Gasteiger partial charge in [-0.05, 0) is 31.9 Å². The van der Waals surface area contributed by atoms with Crippen LogP contribution in [-0.4, -0.2) is 48.0 Å². The first-order valence-electron chi connectivity index (χ1n) is 9.45. The molecular formula is C20H24N6O2. The van der Waals surface area contributed by atoms with Crippen molar-refractivity contribution >= 4 is 5.82 Å². The molecule has 1 aliphatic rings. The summed E-state index contributed by atoms with van der Waals surface area (Å²) in [6.45, 7) is 3.49. The zero-order valence-corrected chi connectivity index (χ0v) is 16.1. The second-order valence-electron chi connectivity index (χ2n) is 7.19. The van der Waals surface area contributed by atoms with Crippen molar-refractivity contribution in [3.8, 4) is 17.1 Å². The van der Waals surface area contributed by atoms with Crippen LogP contribution in [0.4, 0.5) is 5.82 Å². The average molecular weight is 380 g/mol. The summed E-state index contributed by atoms with van der Waals surface area (Å²) in [4.78, 5) is 11.5. The standard InChI is InChI=1S/C20H24N6O2/c1-13-10-17(22-19(21-13)15-7-3-4-8-16(15)28)26-9-5-6-14(11-26)20-24-23-18(12-27)25(20)2/h3-4,7-8,10,14,27-28H,5-6,9,11-12H2,1-2H3. The number of para-hydroxylation sites is 1. The molecule has 8 heteroatoms.